The highest BCUT2D eigenvalue weighted by molar-refractivity contribution is 7.90. The van der Waals surface area contributed by atoms with Crippen LogP contribution in [0, 0.1) is 0 Å². The van der Waals surface area contributed by atoms with Crippen LogP contribution in [-0.4, -0.2) is 25.6 Å². The maximum absolute atomic E-state index is 12.5. The van der Waals surface area contributed by atoms with E-state index in [9.17, 15) is 13.2 Å². The van der Waals surface area contributed by atoms with Crippen molar-refractivity contribution in [2.75, 3.05) is 11.6 Å². The molecule has 0 spiro atoms. The highest BCUT2D eigenvalue weighted by Crippen LogP contribution is 2.27. The molecular formula is C20H19ClN2O3S2. The van der Waals surface area contributed by atoms with Crippen LogP contribution in [-0.2, 0) is 9.84 Å². The minimum Gasteiger partial charge on any atom is -0.322 e. The van der Waals surface area contributed by atoms with Gasteiger partial charge in [0.25, 0.3) is 5.91 Å². The number of aromatic nitrogens is 1. The second kappa shape index (κ2) is 8.03. The van der Waals surface area contributed by atoms with Crippen molar-refractivity contribution in [3.63, 3.8) is 0 Å². The molecule has 3 rings (SSSR count). The summed E-state index contributed by atoms with van der Waals surface area (Å²) < 4.78 is 23.2. The fraction of sp³-hybridized carbons (Fsp3) is 0.200. The summed E-state index contributed by atoms with van der Waals surface area (Å²) in [5, 5.41) is 5.96. The summed E-state index contributed by atoms with van der Waals surface area (Å²) in [5.41, 5.74) is 2.69. The minimum atomic E-state index is -3.38. The van der Waals surface area contributed by atoms with E-state index in [-0.39, 0.29) is 15.5 Å². The van der Waals surface area contributed by atoms with E-state index in [4.69, 9.17) is 11.6 Å². The number of rotatable bonds is 5. The van der Waals surface area contributed by atoms with Gasteiger partial charge in [-0.2, -0.15) is 0 Å². The smallest absolute Gasteiger partial charge is 0.257 e. The molecule has 1 heterocycles. The highest BCUT2D eigenvalue weighted by Gasteiger charge is 2.15. The number of sulfone groups is 1. The molecule has 5 nitrogen and oxygen atoms in total. The maximum Gasteiger partial charge on any atom is 0.257 e. The Balaban J connectivity index is 1.76. The summed E-state index contributed by atoms with van der Waals surface area (Å²) in [5.74, 6) is -0.0234. The molecule has 1 aromatic heterocycles. The van der Waals surface area contributed by atoms with Gasteiger partial charge in [-0.3, -0.25) is 4.79 Å². The van der Waals surface area contributed by atoms with E-state index in [2.05, 4.69) is 24.1 Å². The molecule has 146 valence electrons. The first kappa shape index (κ1) is 20.5. The van der Waals surface area contributed by atoms with Gasteiger partial charge in [-0.1, -0.05) is 37.6 Å². The quantitative estimate of drug-likeness (QED) is 0.595. The van der Waals surface area contributed by atoms with Gasteiger partial charge >= 0.3 is 0 Å². The molecule has 0 aliphatic heterocycles. The minimum absolute atomic E-state index is 0.0717. The molecule has 28 heavy (non-hydrogen) atoms. The van der Waals surface area contributed by atoms with Crippen LogP contribution in [0.1, 0.15) is 35.1 Å². The second-order valence-electron chi connectivity index (χ2n) is 6.67. The Hall–Kier alpha value is -2.22. The monoisotopic (exact) mass is 434 g/mol. The Labute approximate surface area is 173 Å². The number of amides is 1. The molecule has 2 aromatic carbocycles. The molecule has 0 saturated heterocycles. The lowest BCUT2D eigenvalue weighted by Crippen LogP contribution is -2.13. The second-order valence-corrected chi connectivity index (χ2v) is 9.98. The van der Waals surface area contributed by atoms with E-state index in [1.165, 1.54) is 18.2 Å². The zero-order valence-corrected chi connectivity index (χ0v) is 18.0. The van der Waals surface area contributed by atoms with Crippen LogP contribution in [0.25, 0.3) is 11.3 Å². The van der Waals surface area contributed by atoms with E-state index in [0.29, 0.717) is 11.6 Å². The number of benzene rings is 2. The Morgan fingerprint density at radius 2 is 1.82 bits per heavy atom. The van der Waals surface area contributed by atoms with Crippen molar-refractivity contribution in [2.45, 2.75) is 24.7 Å². The number of hydrogen-bond donors (Lipinski definition) is 1. The number of anilines is 1. The third-order valence-electron chi connectivity index (χ3n) is 4.07. The van der Waals surface area contributed by atoms with Crippen LogP contribution in [0.3, 0.4) is 0 Å². The molecule has 0 radical (unpaired) electrons. The number of thiazole rings is 1. The van der Waals surface area contributed by atoms with Crippen LogP contribution in [0.15, 0.2) is 52.7 Å². The summed E-state index contributed by atoms with van der Waals surface area (Å²) in [7, 11) is -3.38. The summed E-state index contributed by atoms with van der Waals surface area (Å²) in [6.45, 7) is 4.21. The van der Waals surface area contributed by atoms with Gasteiger partial charge in [0, 0.05) is 28.8 Å². The maximum atomic E-state index is 12.5. The van der Waals surface area contributed by atoms with Crippen molar-refractivity contribution in [3.8, 4) is 11.3 Å². The zero-order valence-electron chi connectivity index (χ0n) is 15.6. The van der Waals surface area contributed by atoms with Gasteiger partial charge < -0.3 is 5.32 Å². The molecule has 0 aliphatic carbocycles. The van der Waals surface area contributed by atoms with Crippen molar-refractivity contribution >= 4 is 44.4 Å². The molecular weight excluding hydrogens is 416 g/mol. The van der Waals surface area contributed by atoms with E-state index in [1.807, 2.05) is 17.5 Å². The number of carbonyl (C=O) groups is 1. The largest absolute Gasteiger partial charge is 0.322 e. The van der Waals surface area contributed by atoms with Crippen LogP contribution in [0.5, 0.6) is 0 Å². The lowest BCUT2D eigenvalue weighted by atomic mass is 10.1. The van der Waals surface area contributed by atoms with E-state index in [1.54, 1.807) is 23.5 Å². The van der Waals surface area contributed by atoms with Gasteiger partial charge in [0.2, 0.25) is 0 Å². The number of hydrogen-bond acceptors (Lipinski definition) is 5. The number of carbonyl (C=O) groups excluding carboxylic acids is 1. The summed E-state index contributed by atoms with van der Waals surface area (Å²) >= 11 is 7.73. The third-order valence-corrected chi connectivity index (χ3v) is 6.64. The van der Waals surface area contributed by atoms with Crippen LogP contribution in [0.4, 0.5) is 5.69 Å². The fourth-order valence-electron chi connectivity index (χ4n) is 2.52. The van der Waals surface area contributed by atoms with Gasteiger partial charge in [-0.05, 0) is 30.3 Å². The SMILES string of the molecule is CC(C)c1nc(-c2ccc(NC(=O)c3ccc(S(C)(=O)=O)cc3Cl)cc2)cs1. The Kier molecular flexibility index (Phi) is 5.88. The summed E-state index contributed by atoms with van der Waals surface area (Å²) in [6, 6.07) is 11.4. The lowest BCUT2D eigenvalue weighted by Gasteiger charge is -2.08. The van der Waals surface area contributed by atoms with E-state index < -0.39 is 15.7 Å². The predicted octanol–water partition coefficient (Wildman–Crippen LogP) is 5.24. The molecule has 1 N–H and O–H groups in total. The number of nitrogens with zero attached hydrogens (tertiary/aromatic N) is 1. The van der Waals surface area contributed by atoms with Crippen LogP contribution in [0.2, 0.25) is 5.02 Å². The van der Waals surface area contributed by atoms with Gasteiger partial charge in [-0.25, -0.2) is 13.4 Å². The topological polar surface area (TPSA) is 76.1 Å². The fourth-order valence-corrected chi connectivity index (χ4v) is 4.34. The molecule has 0 saturated carbocycles. The average molecular weight is 435 g/mol. The summed E-state index contributed by atoms with van der Waals surface area (Å²) in [4.78, 5) is 17.2. The van der Waals surface area contributed by atoms with Gasteiger partial charge in [0.15, 0.2) is 9.84 Å². The first-order chi connectivity index (χ1) is 13.1. The van der Waals surface area contributed by atoms with Gasteiger partial charge in [0.05, 0.1) is 26.2 Å². The highest BCUT2D eigenvalue weighted by atomic mass is 35.5. The molecule has 0 bridgehead atoms. The zero-order chi connectivity index (χ0) is 20.5. The molecule has 1 amide bonds. The van der Waals surface area contributed by atoms with Crippen molar-refractivity contribution in [1.82, 2.24) is 4.98 Å². The number of nitrogens with one attached hydrogen (secondary N) is 1. The molecule has 0 unspecified atom stereocenters. The van der Waals surface area contributed by atoms with E-state index in [0.717, 1.165) is 22.5 Å². The molecule has 0 atom stereocenters. The average Bonchev–Trinajstić information content (AvgIpc) is 3.12. The molecule has 0 aliphatic rings. The predicted molar refractivity (Wildman–Crippen MR) is 114 cm³/mol. The third kappa shape index (κ3) is 4.60. The normalized spacial score (nSPS) is 11.6. The van der Waals surface area contributed by atoms with E-state index >= 15 is 0 Å². The molecule has 3 aromatic rings. The molecule has 0 fully saturated rings. The Bertz CT molecular complexity index is 1120. The van der Waals surface area contributed by atoms with Crippen molar-refractivity contribution < 1.29 is 13.2 Å². The molecule has 8 heteroatoms. The van der Waals surface area contributed by atoms with Gasteiger partial charge in [-0.15, -0.1) is 11.3 Å². The number of halogens is 1. The first-order valence-corrected chi connectivity index (χ1v) is 11.7. The van der Waals surface area contributed by atoms with Crippen molar-refractivity contribution in [3.05, 3.63) is 63.4 Å². The Morgan fingerprint density at radius 1 is 1.14 bits per heavy atom. The van der Waals surface area contributed by atoms with Crippen molar-refractivity contribution in [1.29, 1.82) is 0 Å². The Morgan fingerprint density at radius 3 is 2.36 bits per heavy atom. The summed E-state index contributed by atoms with van der Waals surface area (Å²) in [6.07, 6.45) is 1.09. The van der Waals surface area contributed by atoms with Crippen molar-refractivity contribution in [2.24, 2.45) is 0 Å². The lowest BCUT2D eigenvalue weighted by molar-refractivity contribution is 0.102. The first-order valence-electron chi connectivity index (χ1n) is 8.52. The van der Waals surface area contributed by atoms with Crippen LogP contribution >= 0.6 is 22.9 Å². The standard InChI is InChI=1S/C20H19ClN2O3S2/c1-12(2)20-23-18(11-27-20)13-4-6-14(7-5-13)22-19(24)16-9-8-15(10-17(16)21)28(3,25)26/h4-12H,1-3H3,(H,22,24). The van der Waals surface area contributed by atoms with Crippen LogP contribution < -0.4 is 5.32 Å². The van der Waals surface area contributed by atoms with Gasteiger partial charge in [0.1, 0.15) is 0 Å².